The normalized spacial score (nSPS) is 10.9. The van der Waals surface area contributed by atoms with Crippen molar-refractivity contribution < 1.29 is 19.1 Å². The van der Waals surface area contributed by atoms with E-state index in [9.17, 15) is 14.4 Å². The smallest absolute Gasteiger partial charge is 0.339 e. The number of benzene rings is 2. The summed E-state index contributed by atoms with van der Waals surface area (Å²) in [6, 6.07) is 11.7. The number of ether oxygens (including phenoxy) is 1. The van der Waals surface area contributed by atoms with Gasteiger partial charge in [0.25, 0.3) is 5.91 Å². The molecule has 0 radical (unpaired) electrons. The van der Waals surface area contributed by atoms with E-state index in [0.29, 0.717) is 16.9 Å². The Morgan fingerprint density at radius 3 is 2.30 bits per heavy atom. The average molecular weight is 368 g/mol. The molecule has 2 aromatic rings. The van der Waals surface area contributed by atoms with Crippen molar-refractivity contribution in [3.8, 4) is 0 Å². The Labute approximate surface area is 158 Å². The van der Waals surface area contributed by atoms with Crippen LogP contribution in [0.4, 0.5) is 11.4 Å². The maximum atomic E-state index is 12.6. The summed E-state index contributed by atoms with van der Waals surface area (Å²) in [5.41, 5.74) is 1.86. The second-order valence-corrected chi connectivity index (χ2v) is 7.28. The fraction of sp³-hybridized carbons (Fsp3) is 0.286. The van der Waals surface area contributed by atoms with E-state index in [-0.39, 0.29) is 11.5 Å². The summed E-state index contributed by atoms with van der Waals surface area (Å²) in [6.45, 7) is 7.28. The number of esters is 1. The van der Waals surface area contributed by atoms with Crippen LogP contribution in [0.15, 0.2) is 42.5 Å². The van der Waals surface area contributed by atoms with Crippen LogP contribution in [0.1, 0.15) is 47.1 Å². The lowest BCUT2D eigenvalue weighted by molar-refractivity contribution is -0.123. The van der Waals surface area contributed by atoms with Gasteiger partial charge in [-0.25, -0.2) is 4.79 Å². The van der Waals surface area contributed by atoms with Gasteiger partial charge in [0.05, 0.1) is 18.4 Å². The van der Waals surface area contributed by atoms with Gasteiger partial charge in [0.2, 0.25) is 5.91 Å². The maximum absolute atomic E-state index is 12.6. The zero-order chi connectivity index (χ0) is 20.2. The topological polar surface area (TPSA) is 84.5 Å². The van der Waals surface area contributed by atoms with E-state index in [0.717, 1.165) is 5.56 Å². The summed E-state index contributed by atoms with van der Waals surface area (Å²) in [6.07, 6.45) is 0. The zero-order valence-corrected chi connectivity index (χ0v) is 16.2. The maximum Gasteiger partial charge on any atom is 0.339 e. The van der Waals surface area contributed by atoms with E-state index < -0.39 is 17.3 Å². The van der Waals surface area contributed by atoms with Gasteiger partial charge in [-0.3, -0.25) is 9.59 Å². The van der Waals surface area contributed by atoms with Gasteiger partial charge >= 0.3 is 5.97 Å². The molecule has 6 nitrogen and oxygen atoms in total. The van der Waals surface area contributed by atoms with Crippen LogP contribution in [0.5, 0.6) is 0 Å². The summed E-state index contributed by atoms with van der Waals surface area (Å²) >= 11 is 0. The summed E-state index contributed by atoms with van der Waals surface area (Å²) in [7, 11) is 1.29. The number of nitrogens with one attached hydrogen (secondary N) is 2. The van der Waals surface area contributed by atoms with Crippen LogP contribution in [-0.4, -0.2) is 24.9 Å². The SMILES string of the molecule is COC(=O)c1cc(C)ccc1NC(=O)c1cccc(NC(=O)C(C)(C)C)c1. The van der Waals surface area contributed by atoms with E-state index in [1.807, 2.05) is 27.7 Å². The second-order valence-electron chi connectivity index (χ2n) is 7.28. The Balaban J connectivity index is 2.24. The first kappa shape index (κ1) is 20.2. The van der Waals surface area contributed by atoms with Crippen LogP contribution >= 0.6 is 0 Å². The molecule has 0 bridgehead atoms. The molecule has 142 valence electrons. The number of methoxy groups -OCH3 is 1. The predicted molar refractivity (Wildman–Crippen MR) is 105 cm³/mol. The summed E-state index contributed by atoms with van der Waals surface area (Å²) < 4.78 is 4.78. The largest absolute Gasteiger partial charge is 0.465 e. The van der Waals surface area contributed by atoms with Crippen LogP contribution in [0, 0.1) is 12.3 Å². The number of anilines is 2. The lowest BCUT2D eigenvalue weighted by atomic mass is 9.95. The van der Waals surface area contributed by atoms with Gasteiger partial charge < -0.3 is 15.4 Å². The molecule has 0 aliphatic rings. The summed E-state index contributed by atoms with van der Waals surface area (Å²) in [4.78, 5) is 36.7. The third kappa shape index (κ3) is 5.17. The molecule has 0 spiro atoms. The van der Waals surface area contributed by atoms with Crippen LogP contribution in [-0.2, 0) is 9.53 Å². The van der Waals surface area contributed by atoms with Crippen molar-refractivity contribution in [1.82, 2.24) is 0 Å². The monoisotopic (exact) mass is 368 g/mol. The Morgan fingerprint density at radius 2 is 1.67 bits per heavy atom. The number of hydrogen-bond acceptors (Lipinski definition) is 4. The first-order valence-corrected chi connectivity index (χ1v) is 8.53. The van der Waals surface area contributed by atoms with Crippen molar-refractivity contribution in [2.24, 2.45) is 5.41 Å². The summed E-state index contributed by atoms with van der Waals surface area (Å²) in [5, 5.41) is 5.52. The zero-order valence-electron chi connectivity index (χ0n) is 16.2. The molecule has 27 heavy (non-hydrogen) atoms. The Kier molecular flexibility index (Phi) is 6.00. The molecule has 0 fully saturated rings. The van der Waals surface area contributed by atoms with Crippen LogP contribution in [0.3, 0.4) is 0 Å². The molecule has 0 unspecified atom stereocenters. The molecule has 0 saturated carbocycles. The number of aryl methyl sites for hydroxylation is 1. The van der Waals surface area contributed by atoms with Crippen LogP contribution in [0.25, 0.3) is 0 Å². The van der Waals surface area contributed by atoms with Gasteiger partial charge in [0.15, 0.2) is 0 Å². The molecule has 6 heteroatoms. The minimum absolute atomic E-state index is 0.147. The van der Waals surface area contributed by atoms with Crippen LogP contribution < -0.4 is 10.6 Å². The number of carbonyl (C=O) groups excluding carboxylic acids is 3. The molecule has 2 aromatic carbocycles. The highest BCUT2D eigenvalue weighted by Gasteiger charge is 2.21. The molecule has 0 saturated heterocycles. The number of carbonyl (C=O) groups is 3. The van der Waals surface area contributed by atoms with Crippen molar-refractivity contribution in [2.75, 3.05) is 17.7 Å². The quantitative estimate of drug-likeness (QED) is 0.799. The lowest BCUT2D eigenvalue weighted by Gasteiger charge is -2.18. The van der Waals surface area contributed by atoms with Gasteiger partial charge in [0, 0.05) is 16.7 Å². The predicted octanol–water partition coefficient (Wildman–Crippen LogP) is 4.02. The third-order valence-electron chi connectivity index (χ3n) is 3.89. The molecule has 0 atom stereocenters. The first-order valence-electron chi connectivity index (χ1n) is 8.53. The van der Waals surface area contributed by atoms with Gasteiger partial charge in [-0.2, -0.15) is 0 Å². The van der Waals surface area contributed by atoms with Crippen LogP contribution in [0.2, 0.25) is 0 Å². The van der Waals surface area contributed by atoms with Crippen molar-refractivity contribution >= 4 is 29.2 Å². The summed E-state index contributed by atoms with van der Waals surface area (Å²) in [5.74, 6) is -1.07. The number of hydrogen-bond donors (Lipinski definition) is 2. The average Bonchev–Trinajstić information content (AvgIpc) is 2.61. The van der Waals surface area contributed by atoms with Crippen molar-refractivity contribution in [3.63, 3.8) is 0 Å². The molecule has 0 heterocycles. The van der Waals surface area contributed by atoms with Crippen molar-refractivity contribution in [2.45, 2.75) is 27.7 Å². The highest BCUT2D eigenvalue weighted by Crippen LogP contribution is 2.21. The van der Waals surface area contributed by atoms with E-state index in [4.69, 9.17) is 4.74 Å². The molecule has 0 aromatic heterocycles. The highest BCUT2D eigenvalue weighted by molar-refractivity contribution is 6.08. The minimum Gasteiger partial charge on any atom is -0.465 e. The van der Waals surface area contributed by atoms with Gasteiger partial charge in [-0.1, -0.05) is 38.5 Å². The van der Waals surface area contributed by atoms with Gasteiger partial charge in [-0.15, -0.1) is 0 Å². The molecular formula is C21H24N2O4. The first-order chi connectivity index (χ1) is 12.6. The molecule has 2 amide bonds. The number of rotatable bonds is 4. The fourth-order valence-corrected chi connectivity index (χ4v) is 2.30. The van der Waals surface area contributed by atoms with Crippen molar-refractivity contribution in [3.05, 3.63) is 59.2 Å². The van der Waals surface area contributed by atoms with E-state index >= 15 is 0 Å². The minimum atomic E-state index is -0.546. The molecule has 0 aliphatic heterocycles. The third-order valence-corrected chi connectivity index (χ3v) is 3.89. The van der Waals surface area contributed by atoms with E-state index in [1.54, 1.807) is 42.5 Å². The Bertz CT molecular complexity index is 882. The van der Waals surface area contributed by atoms with E-state index in [1.165, 1.54) is 7.11 Å². The molecular weight excluding hydrogens is 344 g/mol. The Hall–Kier alpha value is -3.15. The fourth-order valence-electron chi connectivity index (χ4n) is 2.30. The second kappa shape index (κ2) is 8.03. The van der Waals surface area contributed by atoms with Gasteiger partial charge in [0.1, 0.15) is 0 Å². The Morgan fingerprint density at radius 1 is 0.963 bits per heavy atom. The standard InChI is InChI=1S/C21H24N2O4/c1-13-9-10-17(16(11-13)19(25)27-5)23-18(24)14-7-6-8-15(12-14)22-20(26)21(2,3)4/h6-12H,1-5H3,(H,22,26)(H,23,24). The molecule has 0 aliphatic carbocycles. The highest BCUT2D eigenvalue weighted by atomic mass is 16.5. The molecule has 2 rings (SSSR count). The van der Waals surface area contributed by atoms with Gasteiger partial charge in [-0.05, 0) is 37.3 Å². The van der Waals surface area contributed by atoms with E-state index in [2.05, 4.69) is 10.6 Å². The lowest BCUT2D eigenvalue weighted by Crippen LogP contribution is -2.27. The van der Waals surface area contributed by atoms with Crippen molar-refractivity contribution in [1.29, 1.82) is 0 Å². The molecule has 2 N–H and O–H groups in total. The number of amides is 2.